The van der Waals surface area contributed by atoms with Gasteiger partial charge in [0, 0.05) is 0 Å². The van der Waals surface area contributed by atoms with Crippen LogP contribution in [0.2, 0.25) is 0 Å². The first-order valence-corrected chi connectivity index (χ1v) is 6.57. The van der Waals surface area contributed by atoms with Crippen molar-refractivity contribution in [1.29, 1.82) is 0 Å². The standard InChI is InChI=1S/C17H11NO3/c19-17(20)15-11-6-2-1-5-10(11)9-14-16(15)18-12-7-3-4-8-13(12)21-14/h1-9,18H,(H,19,20). The van der Waals surface area contributed by atoms with E-state index in [4.69, 9.17) is 4.74 Å². The number of hydrogen-bond donors (Lipinski definition) is 2. The smallest absolute Gasteiger partial charge is 0.338 e. The molecule has 2 N–H and O–H groups in total. The van der Waals surface area contributed by atoms with E-state index in [0.29, 0.717) is 22.6 Å². The molecular weight excluding hydrogens is 266 g/mol. The zero-order valence-electron chi connectivity index (χ0n) is 11.0. The number of ether oxygens (including phenoxy) is 1. The van der Waals surface area contributed by atoms with E-state index in [0.717, 1.165) is 11.1 Å². The number of benzene rings is 3. The van der Waals surface area contributed by atoms with Crippen LogP contribution >= 0.6 is 0 Å². The zero-order valence-corrected chi connectivity index (χ0v) is 11.0. The zero-order chi connectivity index (χ0) is 14.4. The number of hydrogen-bond acceptors (Lipinski definition) is 3. The van der Waals surface area contributed by atoms with Gasteiger partial charge >= 0.3 is 5.97 Å². The molecule has 21 heavy (non-hydrogen) atoms. The molecule has 0 saturated heterocycles. The Morgan fingerprint density at radius 3 is 2.62 bits per heavy atom. The maximum atomic E-state index is 11.7. The molecule has 3 aromatic carbocycles. The predicted octanol–water partition coefficient (Wildman–Crippen LogP) is 4.39. The summed E-state index contributed by atoms with van der Waals surface area (Å²) in [7, 11) is 0. The van der Waals surface area contributed by atoms with Gasteiger partial charge in [0.15, 0.2) is 11.5 Å². The Balaban J connectivity index is 2.03. The topological polar surface area (TPSA) is 58.6 Å². The molecule has 4 rings (SSSR count). The number of rotatable bonds is 1. The third kappa shape index (κ3) is 1.73. The van der Waals surface area contributed by atoms with E-state index in [9.17, 15) is 9.90 Å². The van der Waals surface area contributed by atoms with Crippen LogP contribution in [0.15, 0.2) is 54.6 Å². The predicted molar refractivity (Wildman–Crippen MR) is 80.7 cm³/mol. The van der Waals surface area contributed by atoms with Gasteiger partial charge < -0.3 is 15.2 Å². The van der Waals surface area contributed by atoms with Crippen LogP contribution in [0.25, 0.3) is 10.8 Å². The van der Waals surface area contributed by atoms with Gasteiger partial charge in [-0.05, 0) is 29.0 Å². The van der Waals surface area contributed by atoms with Crippen LogP contribution in [0.4, 0.5) is 11.4 Å². The van der Waals surface area contributed by atoms with Crippen LogP contribution in [0.1, 0.15) is 10.4 Å². The number of fused-ring (bicyclic) bond motifs is 3. The van der Waals surface area contributed by atoms with Gasteiger partial charge in [0.05, 0.1) is 16.9 Å². The summed E-state index contributed by atoms with van der Waals surface area (Å²) < 4.78 is 5.85. The molecule has 1 aliphatic rings. The van der Waals surface area contributed by atoms with Crippen LogP contribution in [-0.2, 0) is 0 Å². The SMILES string of the molecule is O=C(O)c1c2c(cc3ccccc13)Oc1ccccc1N2. The quantitative estimate of drug-likeness (QED) is 0.542. The van der Waals surface area contributed by atoms with E-state index in [1.807, 2.05) is 48.5 Å². The molecule has 0 unspecified atom stereocenters. The van der Waals surface area contributed by atoms with Crippen molar-refractivity contribution in [1.82, 2.24) is 0 Å². The van der Waals surface area contributed by atoms with E-state index in [-0.39, 0.29) is 5.56 Å². The summed E-state index contributed by atoms with van der Waals surface area (Å²) >= 11 is 0. The van der Waals surface area contributed by atoms with Crippen LogP contribution in [-0.4, -0.2) is 11.1 Å². The van der Waals surface area contributed by atoms with Crippen LogP contribution in [0.3, 0.4) is 0 Å². The van der Waals surface area contributed by atoms with Crippen molar-refractivity contribution in [2.24, 2.45) is 0 Å². The summed E-state index contributed by atoms with van der Waals surface area (Å²) in [5.41, 5.74) is 1.50. The highest BCUT2D eigenvalue weighted by molar-refractivity contribution is 6.11. The van der Waals surface area contributed by atoms with E-state index < -0.39 is 5.97 Å². The minimum Gasteiger partial charge on any atom is -0.478 e. The van der Waals surface area contributed by atoms with Gasteiger partial charge in [-0.15, -0.1) is 0 Å². The second-order valence-electron chi connectivity index (χ2n) is 4.87. The van der Waals surface area contributed by atoms with Crippen LogP contribution < -0.4 is 10.1 Å². The van der Waals surface area contributed by atoms with Crippen molar-refractivity contribution in [3.05, 3.63) is 60.2 Å². The second kappa shape index (κ2) is 4.24. The van der Waals surface area contributed by atoms with Crippen molar-refractivity contribution in [3.63, 3.8) is 0 Å². The minimum atomic E-state index is -0.974. The molecule has 0 saturated carbocycles. The maximum Gasteiger partial charge on any atom is 0.338 e. The normalized spacial score (nSPS) is 12.0. The third-order valence-corrected chi connectivity index (χ3v) is 3.59. The van der Waals surface area contributed by atoms with Crippen LogP contribution in [0, 0.1) is 0 Å². The fourth-order valence-electron chi connectivity index (χ4n) is 2.66. The molecule has 4 heteroatoms. The number of nitrogens with one attached hydrogen (secondary N) is 1. The Hall–Kier alpha value is -3.01. The van der Waals surface area contributed by atoms with Gasteiger partial charge in [0.2, 0.25) is 0 Å². The lowest BCUT2D eigenvalue weighted by Gasteiger charge is -2.24. The highest BCUT2D eigenvalue weighted by Gasteiger charge is 2.24. The maximum absolute atomic E-state index is 11.7. The molecule has 4 nitrogen and oxygen atoms in total. The molecule has 0 aliphatic carbocycles. The fourth-order valence-corrected chi connectivity index (χ4v) is 2.66. The van der Waals surface area contributed by atoms with Gasteiger partial charge in [0.1, 0.15) is 0 Å². The number of carboxylic acids is 1. The van der Waals surface area contributed by atoms with Crippen molar-refractivity contribution in [2.75, 3.05) is 5.32 Å². The molecule has 0 atom stereocenters. The Kier molecular flexibility index (Phi) is 2.38. The number of para-hydroxylation sites is 2. The first-order valence-electron chi connectivity index (χ1n) is 6.57. The van der Waals surface area contributed by atoms with Crippen molar-refractivity contribution >= 4 is 28.1 Å². The Morgan fingerprint density at radius 2 is 1.76 bits per heavy atom. The first-order chi connectivity index (χ1) is 10.2. The molecule has 3 aromatic rings. The largest absolute Gasteiger partial charge is 0.478 e. The van der Waals surface area contributed by atoms with Gasteiger partial charge in [0.25, 0.3) is 0 Å². The van der Waals surface area contributed by atoms with Crippen LogP contribution in [0.5, 0.6) is 11.5 Å². The van der Waals surface area contributed by atoms with Crippen molar-refractivity contribution in [3.8, 4) is 11.5 Å². The average molecular weight is 277 g/mol. The second-order valence-corrected chi connectivity index (χ2v) is 4.87. The van der Waals surface area contributed by atoms with E-state index in [1.54, 1.807) is 6.07 Å². The Labute approximate surface area is 120 Å². The molecule has 1 heterocycles. The summed E-state index contributed by atoms with van der Waals surface area (Å²) in [6.07, 6.45) is 0. The number of aromatic carboxylic acids is 1. The molecular formula is C17H11NO3. The summed E-state index contributed by atoms with van der Waals surface area (Å²) in [6, 6.07) is 16.7. The molecule has 0 radical (unpaired) electrons. The Morgan fingerprint density at radius 1 is 1.00 bits per heavy atom. The number of carboxylic acid groups (broad SMARTS) is 1. The highest BCUT2D eigenvalue weighted by atomic mass is 16.5. The lowest BCUT2D eigenvalue weighted by molar-refractivity contribution is 0.0700. The monoisotopic (exact) mass is 277 g/mol. The summed E-state index contributed by atoms with van der Waals surface area (Å²) in [6.45, 7) is 0. The molecule has 0 fully saturated rings. The van der Waals surface area contributed by atoms with E-state index in [1.165, 1.54) is 0 Å². The lowest BCUT2D eigenvalue weighted by atomic mass is 10.0. The van der Waals surface area contributed by atoms with E-state index in [2.05, 4.69) is 5.32 Å². The summed E-state index contributed by atoms with van der Waals surface area (Å²) in [4.78, 5) is 11.7. The molecule has 102 valence electrons. The van der Waals surface area contributed by atoms with Gasteiger partial charge in [-0.2, -0.15) is 0 Å². The summed E-state index contributed by atoms with van der Waals surface area (Å²) in [5.74, 6) is 0.250. The van der Waals surface area contributed by atoms with Gasteiger partial charge in [-0.3, -0.25) is 0 Å². The van der Waals surface area contributed by atoms with Gasteiger partial charge in [-0.1, -0.05) is 36.4 Å². The molecule has 0 amide bonds. The molecule has 1 aliphatic heterocycles. The summed E-state index contributed by atoms with van der Waals surface area (Å²) in [5, 5.41) is 14.3. The number of anilines is 2. The Bertz CT molecular complexity index is 886. The van der Waals surface area contributed by atoms with Crippen molar-refractivity contribution < 1.29 is 14.6 Å². The minimum absolute atomic E-state index is 0.234. The van der Waals surface area contributed by atoms with E-state index >= 15 is 0 Å². The van der Waals surface area contributed by atoms with Crippen molar-refractivity contribution in [2.45, 2.75) is 0 Å². The fraction of sp³-hybridized carbons (Fsp3) is 0. The van der Waals surface area contributed by atoms with Gasteiger partial charge in [-0.25, -0.2) is 4.79 Å². The number of carbonyl (C=O) groups is 1. The molecule has 0 bridgehead atoms. The molecule has 0 spiro atoms. The molecule has 0 aromatic heterocycles. The third-order valence-electron chi connectivity index (χ3n) is 3.59. The first kappa shape index (κ1) is 11.8. The highest BCUT2D eigenvalue weighted by Crippen LogP contribution is 2.45. The lowest BCUT2D eigenvalue weighted by Crippen LogP contribution is -2.09. The average Bonchev–Trinajstić information content (AvgIpc) is 2.50.